The van der Waals surface area contributed by atoms with E-state index < -0.39 is 0 Å². The van der Waals surface area contributed by atoms with Crippen LogP contribution in [0, 0.1) is 0 Å². The Labute approximate surface area is 95.0 Å². The molecular weight excluding hydrogens is 204 g/mol. The fraction of sp³-hybridized carbons (Fsp3) is 0.636. The summed E-state index contributed by atoms with van der Waals surface area (Å²) in [5.74, 6) is 0.365. The molecule has 0 spiro atoms. The Morgan fingerprint density at radius 3 is 2.62 bits per heavy atom. The number of carbonyl (C=O) groups is 1. The van der Waals surface area contributed by atoms with Crippen molar-refractivity contribution < 1.29 is 4.79 Å². The lowest BCUT2D eigenvalue weighted by Gasteiger charge is -2.38. The number of carbonyl (C=O) groups excluding carboxylic acids is 1. The molecule has 1 fully saturated rings. The molecule has 5 heteroatoms. The van der Waals surface area contributed by atoms with Crippen molar-refractivity contribution in [1.29, 1.82) is 0 Å². The molecule has 1 aromatic rings. The molecule has 0 unspecified atom stereocenters. The standard InChI is InChI=1S/C11H18N4O/c1-7-4-3-5-8(2)15(7)11(16)9-6-10(12)14-13-9/h6-8H,3-5H2,1-2H3,(H3,12,13,14)/t7-,8+. The smallest absolute Gasteiger partial charge is 0.272 e. The van der Waals surface area contributed by atoms with E-state index in [4.69, 9.17) is 5.73 Å². The van der Waals surface area contributed by atoms with E-state index in [9.17, 15) is 4.79 Å². The van der Waals surface area contributed by atoms with Gasteiger partial charge >= 0.3 is 0 Å². The lowest BCUT2D eigenvalue weighted by molar-refractivity contribution is 0.0504. The minimum absolute atomic E-state index is 0.00361. The van der Waals surface area contributed by atoms with Crippen LogP contribution in [0.4, 0.5) is 5.82 Å². The van der Waals surface area contributed by atoms with Crippen molar-refractivity contribution in [2.75, 3.05) is 5.73 Å². The molecule has 3 N–H and O–H groups in total. The SMILES string of the molecule is C[C@@H]1CCC[C@H](C)N1C(=O)c1cc(N)n[nH]1. The number of nitrogens with one attached hydrogen (secondary N) is 1. The van der Waals surface area contributed by atoms with Gasteiger partial charge < -0.3 is 10.6 Å². The van der Waals surface area contributed by atoms with E-state index in [1.807, 2.05) is 4.90 Å². The number of rotatable bonds is 1. The Bertz CT molecular complexity index is 377. The summed E-state index contributed by atoms with van der Waals surface area (Å²) in [4.78, 5) is 14.2. The minimum atomic E-state index is 0.00361. The highest BCUT2D eigenvalue weighted by atomic mass is 16.2. The predicted octanol–water partition coefficient (Wildman–Crippen LogP) is 1.39. The van der Waals surface area contributed by atoms with Crippen LogP contribution in [-0.2, 0) is 0 Å². The maximum absolute atomic E-state index is 12.2. The van der Waals surface area contributed by atoms with Gasteiger partial charge in [-0.15, -0.1) is 0 Å². The molecule has 0 saturated carbocycles. The molecule has 0 bridgehead atoms. The van der Waals surface area contributed by atoms with E-state index in [1.165, 1.54) is 6.42 Å². The number of hydrogen-bond donors (Lipinski definition) is 2. The normalized spacial score (nSPS) is 25.8. The van der Waals surface area contributed by atoms with Gasteiger partial charge in [-0.3, -0.25) is 9.89 Å². The molecule has 0 radical (unpaired) electrons. The van der Waals surface area contributed by atoms with Crippen LogP contribution in [-0.4, -0.2) is 33.1 Å². The van der Waals surface area contributed by atoms with E-state index in [-0.39, 0.29) is 5.91 Å². The van der Waals surface area contributed by atoms with Gasteiger partial charge in [0.1, 0.15) is 11.5 Å². The number of hydrogen-bond acceptors (Lipinski definition) is 3. The highest BCUT2D eigenvalue weighted by Gasteiger charge is 2.30. The summed E-state index contributed by atoms with van der Waals surface area (Å²) in [6, 6.07) is 2.18. The topological polar surface area (TPSA) is 75.0 Å². The molecule has 1 amide bonds. The molecule has 0 aliphatic carbocycles. The second kappa shape index (κ2) is 4.15. The number of piperidine rings is 1. The first-order valence-electron chi connectivity index (χ1n) is 5.73. The number of aromatic nitrogens is 2. The molecule has 2 heterocycles. The van der Waals surface area contributed by atoms with Crippen LogP contribution < -0.4 is 5.73 Å². The van der Waals surface area contributed by atoms with Crippen LogP contribution in [0.3, 0.4) is 0 Å². The quantitative estimate of drug-likeness (QED) is 0.754. The van der Waals surface area contributed by atoms with Crippen molar-refractivity contribution in [2.45, 2.75) is 45.2 Å². The first-order chi connectivity index (χ1) is 7.59. The third-order valence-electron chi connectivity index (χ3n) is 3.26. The molecule has 1 aliphatic heterocycles. The summed E-state index contributed by atoms with van der Waals surface area (Å²) in [5.41, 5.74) is 5.99. The number of H-pyrrole nitrogens is 1. The van der Waals surface area contributed by atoms with E-state index in [1.54, 1.807) is 6.07 Å². The maximum Gasteiger partial charge on any atom is 0.272 e. The molecule has 2 rings (SSSR count). The van der Waals surface area contributed by atoms with Gasteiger partial charge in [0.25, 0.3) is 5.91 Å². The second-order valence-electron chi connectivity index (χ2n) is 4.55. The molecule has 0 aromatic carbocycles. The van der Waals surface area contributed by atoms with Gasteiger partial charge in [-0.1, -0.05) is 0 Å². The van der Waals surface area contributed by atoms with Crippen molar-refractivity contribution in [2.24, 2.45) is 0 Å². The van der Waals surface area contributed by atoms with Crippen molar-refractivity contribution in [3.8, 4) is 0 Å². The summed E-state index contributed by atoms with van der Waals surface area (Å²) >= 11 is 0. The Morgan fingerprint density at radius 2 is 2.12 bits per heavy atom. The summed E-state index contributed by atoms with van der Waals surface area (Å²) in [6.45, 7) is 4.18. The number of nitrogens with two attached hydrogens (primary N) is 1. The molecule has 1 aliphatic rings. The zero-order chi connectivity index (χ0) is 11.7. The number of anilines is 1. The Balaban J connectivity index is 2.19. The Morgan fingerprint density at radius 1 is 1.50 bits per heavy atom. The fourth-order valence-corrected chi connectivity index (χ4v) is 2.41. The summed E-state index contributed by atoms with van der Waals surface area (Å²) in [6.07, 6.45) is 3.33. The van der Waals surface area contributed by atoms with Crippen LogP contribution in [0.2, 0.25) is 0 Å². The lowest BCUT2D eigenvalue weighted by Crippen LogP contribution is -2.47. The number of likely N-dealkylation sites (tertiary alicyclic amines) is 1. The van der Waals surface area contributed by atoms with Crippen LogP contribution in [0.5, 0.6) is 0 Å². The van der Waals surface area contributed by atoms with Crippen molar-refractivity contribution in [1.82, 2.24) is 15.1 Å². The average molecular weight is 222 g/mol. The number of nitrogen functional groups attached to an aromatic ring is 1. The molecule has 5 nitrogen and oxygen atoms in total. The third-order valence-corrected chi connectivity index (χ3v) is 3.26. The van der Waals surface area contributed by atoms with Crippen molar-refractivity contribution in [3.05, 3.63) is 11.8 Å². The monoisotopic (exact) mass is 222 g/mol. The molecule has 1 aromatic heterocycles. The zero-order valence-electron chi connectivity index (χ0n) is 9.73. The fourth-order valence-electron chi connectivity index (χ4n) is 2.41. The van der Waals surface area contributed by atoms with Crippen LogP contribution in [0.1, 0.15) is 43.6 Å². The van der Waals surface area contributed by atoms with E-state index in [0.29, 0.717) is 23.6 Å². The largest absolute Gasteiger partial charge is 0.382 e. The summed E-state index contributed by atoms with van der Waals surface area (Å²) in [7, 11) is 0. The zero-order valence-corrected chi connectivity index (χ0v) is 9.73. The number of aromatic amines is 1. The number of nitrogens with zero attached hydrogens (tertiary/aromatic N) is 2. The highest BCUT2D eigenvalue weighted by molar-refractivity contribution is 5.93. The maximum atomic E-state index is 12.2. The summed E-state index contributed by atoms with van der Waals surface area (Å²) < 4.78 is 0. The van der Waals surface area contributed by atoms with Gasteiger partial charge in [-0.25, -0.2) is 0 Å². The van der Waals surface area contributed by atoms with Crippen molar-refractivity contribution in [3.63, 3.8) is 0 Å². The van der Waals surface area contributed by atoms with Gasteiger partial charge in [0.2, 0.25) is 0 Å². The van der Waals surface area contributed by atoms with Crippen LogP contribution in [0.25, 0.3) is 0 Å². The van der Waals surface area contributed by atoms with Gasteiger partial charge in [-0.2, -0.15) is 5.10 Å². The molecule has 88 valence electrons. The van der Waals surface area contributed by atoms with Crippen LogP contribution >= 0.6 is 0 Å². The molecule has 2 atom stereocenters. The Kier molecular flexibility index (Phi) is 2.85. The highest BCUT2D eigenvalue weighted by Crippen LogP contribution is 2.24. The van der Waals surface area contributed by atoms with Gasteiger partial charge in [0.05, 0.1) is 0 Å². The first kappa shape index (κ1) is 11.0. The van der Waals surface area contributed by atoms with E-state index in [0.717, 1.165) is 12.8 Å². The van der Waals surface area contributed by atoms with Crippen molar-refractivity contribution >= 4 is 11.7 Å². The first-order valence-corrected chi connectivity index (χ1v) is 5.73. The third kappa shape index (κ3) is 1.89. The van der Waals surface area contributed by atoms with Crippen LogP contribution in [0.15, 0.2) is 6.07 Å². The summed E-state index contributed by atoms with van der Waals surface area (Å²) in [5, 5.41) is 6.47. The van der Waals surface area contributed by atoms with Gasteiger partial charge in [0, 0.05) is 18.2 Å². The molecule has 16 heavy (non-hydrogen) atoms. The molecular formula is C11H18N4O. The minimum Gasteiger partial charge on any atom is -0.382 e. The van der Waals surface area contributed by atoms with E-state index in [2.05, 4.69) is 24.0 Å². The predicted molar refractivity (Wildman–Crippen MR) is 61.9 cm³/mol. The molecule has 1 saturated heterocycles. The van der Waals surface area contributed by atoms with Gasteiger partial charge in [0.15, 0.2) is 0 Å². The van der Waals surface area contributed by atoms with Gasteiger partial charge in [-0.05, 0) is 33.1 Å². The average Bonchev–Trinajstić information content (AvgIpc) is 2.64. The lowest BCUT2D eigenvalue weighted by atomic mass is 9.97. The second-order valence-corrected chi connectivity index (χ2v) is 4.55. The number of amides is 1. The van der Waals surface area contributed by atoms with E-state index >= 15 is 0 Å². The Hall–Kier alpha value is -1.52.